The van der Waals surface area contributed by atoms with Crippen molar-refractivity contribution < 1.29 is 9.59 Å². The van der Waals surface area contributed by atoms with Gasteiger partial charge in [0.1, 0.15) is 0 Å². The summed E-state index contributed by atoms with van der Waals surface area (Å²) >= 11 is 1.64. The number of rotatable bonds is 4. The summed E-state index contributed by atoms with van der Waals surface area (Å²) < 4.78 is 0. The van der Waals surface area contributed by atoms with Crippen molar-refractivity contribution in [2.24, 2.45) is 0 Å². The van der Waals surface area contributed by atoms with Crippen LogP contribution in [0.3, 0.4) is 0 Å². The first-order valence-corrected chi connectivity index (χ1v) is 9.45. The Morgan fingerprint density at radius 2 is 2.00 bits per heavy atom. The number of hydrogen-bond acceptors (Lipinski definition) is 5. The van der Waals surface area contributed by atoms with Crippen molar-refractivity contribution in [2.75, 3.05) is 36.4 Å². The first-order valence-electron chi connectivity index (χ1n) is 8.57. The molecular weight excluding hydrogens is 350 g/mol. The van der Waals surface area contributed by atoms with Gasteiger partial charge in [0.15, 0.2) is 5.13 Å². The van der Waals surface area contributed by atoms with Crippen LogP contribution in [0, 0.1) is 6.92 Å². The Morgan fingerprint density at radius 1 is 1.23 bits per heavy atom. The molecule has 1 fully saturated rings. The average molecular weight is 373 g/mol. The number of carbonyl (C=O) groups excluding carboxylic acids is 2. The van der Waals surface area contributed by atoms with Crippen molar-refractivity contribution >= 4 is 34.1 Å². The smallest absolute Gasteiger partial charge is 0.317 e. The third kappa shape index (κ3) is 4.72. The lowest BCUT2D eigenvalue weighted by Crippen LogP contribution is -2.51. The van der Waals surface area contributed by atoms with Crippen LogP contribution in [-0.2, 0) is 11.3 Å². The highest BCUT2D eigenvalue weighted by atomic mass is 32.1. The van der Waals surface area contributed by atoms with Crippen molar-refractivity contribution in [3.8, 4) is 0 Å². The highest BCUT2D eigenvalue weighted by molar-refractivity contribution is 7.13. The Labute approximate surface area is 157 Å². The molecule has 0 bridgehead atoms. The maximum Gasteiger partial charge on any atom is 0.317 e. The largest absolute Gasteiger partial charge is 0.345 e. The zero-order chi connectivity index (χ0) is 18.5. The van der Waals surface area contributed by atoms with Crippen molar-refractivity contribution in [3.63, 3.8) is 0 Å². The van der Waals surface area contributed by atoms with Gasteiger partial charge < -0.3 is 20.4 Å². The Balaban J connectivity index is 1.48. The Morgan fingerprint density at radius 3 is 2.65 bits per heavy atom. The molecule has 3 amide bonds. The van der Waals surface area contributed by atoms with E-state index in [2.05, 4.69) is 20.5 Å². The Kier molecular flexibility index (Phi) is 5.72. The Hall–Kier alpha value is -2.61. The lowest BCUT2D eigenvalue weighted by atomic mass is 10.2. The lowest BCUT2D eigenvalue weighted by Gasteiger charge is -2.34. The van der Waals surface area contributed by atoms with E-state index in [1.807, 2.05) is 41.5 Å². The van der Waals surface area contributed by atoms with Crippen LogP contribution in [0.1, 0.15) is 18.2 Å². The molecule has 0 saturated carbocycles. The molecule has 1 aliphatic rings. The fraction of sp³-hybridized carbons (Fsp3) is 0.389. The minimum absolute atomic E-state index is 0.0649. The van der Waals surface area contributed by atoms with Gasteiger partial charge in [0.25, 0.3) is 0 Å². The van der Waals surface area contributed by atoms with Crippen LogP contribution in [0.4, 0.5) is 15.6 Å². The predicted molar refractivity (Wildman–Crippen MR) is 104 cm³/mol. The highest BCUT2D eigenvalue weighted by Crippen LogP contribution is 2.21. The van der Waals surface area contributed by atoms with Crippen LogP contribution in [0.15, 0.2) is 29.6 Å². The van der Waals surface area contributed by atoms with E-state index >= 15 is 0 Å². The quantitative estimate of drug-likeness (QED) is 0.863. The van der Waals surface area contributed by atoms with Crippen LogP contribution < -0.4 is 15.5 Å². The van der Waals surface area contributed by atoms with E-state index in [1.54, 1.807) is 11.3 Å². The summed E-state index contributed by atoms with van der Waals surface area (Å²) in [6, 6.07) is 7.41. The molecule has 0 spiro atoms. The number of piperazine rings is 1. The van der Waals surface area contributed by atoms with E-state index in [9.17, 15) is 9.59 Å². The minimum atomic E-state index is -0.112. The van der Waals surface area contributed by atoms with Crippen LogP contribution in [0.25, 0.3) is 0 Å². The van der Waals surface area contributed by atoms with Gasteiger partial charge in [0.05, 0.1) is 5.69 Å². The maximum atomic E-state index is 12.4. The molecule has 7 nitrogen and oxygen atoms in total. The first kappa shape index (κ1) is 18.2. The molecule has 1 aromatic carbocycles. The second-order valence-corrected chi connectivity index (χ2v) is 7.12. The van der Waals surface area contributed by atoms with E-state index in [1.165, 1.54) is 6.92 Å². The number of aromatic nitrogens is 1. The molecule has 2 aromatic rings. The van der Waals surface area contributed by atoms with Crippen LogP contribution in [0.2, 0.25) is 0 Å². The van der Waals surface area contributed by atoms with Gasteiger partial charge in [-0.05, 0) is 24.6 Å². The summed E-state index contributed by atoms with van der Waals surface area (Å²) in [7, 11) is 0. The third-order valence-corrected chi connectivity index (χ3v) is 5.15. The van der Waals surface area contributed by atoms with Gasteiger partial charge in [0.2, 0.25) is 5.91 Å². The minimum Gasteiger partial charge on any atom is -0.345 e. The average Bonchev–Trinajstić information content (AvgIpc) is 3.06. The first-order chi connectivity index (χ1) is 12.5. The SMILES string of the molecule is CC(=O)Nc1cccc(CNC(=O)N2CCN(c3nc(C)cs3)CC2)c1. The van der Waals surface area contributed by atoms with E-state index < -0.39 is 0 Å². The predicted octanol–water partition coefficient (Wildman–Crippen LogP) is 2.44. The number of amides is 3. The van der Waals surface area contributed by atoms with Crippen molar-refractivity contribution in [1.82, 2.24) is 15.2 Å². The normalized spacial score (nSPS) is 14.2. The van der Waals surface area contributed by atoms with Gasteiger partial charge in [0, 0.05) is 50.7 Å². The molecule has 0 aliphatic carbocycles. The lowest BCUT2D eigenvalue weighted by molar-refractivity contribution is -0.114. The topological polar surface area (TPSA) is 77.6 Å². The van der Waals surface area contributed by atoms with E-state index in [-0.39, 0.29) is 11.9 Å². The number of benzene rings is 1. The third-order valence-electron chi connectivity index (χ3n) is 4.14. The summed E-state index contributed by atoms with van der Waals surface area (Å²) in [5, 5.41) is 8.77. The van der Waals surface area contributed by atoms with Crippen LogP contribution >= 0.6 is 11.3 Å². The van der Waals surface area contributed by atoms with Gasteiger partial charge in [-0.25, -0.2) is 9.78 Å². The van der Waals surface area contributed by atoms with E-state index in [0.717, 1.165) is 35.2 Å². The molecule has 0 radical (unpaired) electrons. The number of anilines is 2. The molecule has 8 heteroatoms. The number of thiazole rings is 1. The number of nitrogens with zero attached hydrogens (tertiary/aromatic N) is 3. The van der Waals surface area contributed by atoms with Crippen LogP contribution in [-0.4, -0.2) is 48.0 Å². The van der Waals surface area contributed by atoms with E-state index in [0.29, 0.717) is 19.6 Å². The summed E-state index contributed by atoms with van der Waals surface area (Å²) in [4.78, 5) is 32.1. The summed E-state index contributed by atoms with van der Waals surface area (Å²) in [5.41, 5.74) is 2.71. The molecule has 0 atom stereocenters. The molecular formula is C18H23N5O2S. The number of nitrogens with one attached hydrogen (secondary N) is 2. The number of aryl methyl sites for hydroxylation is 1. The number of urea groups is 1. The molecule has 1 saturated heterocycles. The molecule has 1 aliphatic heterocycles. The fourth-order valence-corrected chi connectivity index (χ4v) is 3.70. The molecule has 26 heavy (non-hydrogen) atoms. The Bertz CT molecular complexity index is 783. The van der Waals surface area contributed by atoms with Gasteiger partial charge in [-0.3, -0.25) is 4.79 Å². The summed E-state index contributed by atoms with van der Waals surface area (Å²) in [5.74, 6) is -0.112. The van der Waals surface area contributed by atoms with Gasteiger partial charge in [-0.1, -0.05) is 12.1 Å². The zero-order valence-electron chi connectivity index (χ0n) is 15.0. The maximum absolute atomic E-state index is 12.4. The van der Waals surface area contributed by atoms with Crippen molar-refractivity contribution in [3.05, 3.63) is 40.9 Å². The van der Waals surface area contributed by atoms with Gasteiger partial charge in [-0.2, -0.15) is 0 Å². The standard InChI is InChI=1S/C18H23N5O2S/c1-13-12-26-18(20-13)23-8-6-22(7-9-23)17(25)19-11-15-4-3-5-16(10-15)21-14(2)24/h3-5,10,12H,6-9,11H2,1-2H3,(H,19,25)(H,21,24). The number of hydrogen-bond donors (Lipinski definition) is 2. The molecule has 2 heterocycles. The fourth-order valence-electron chi connectivity index (χ4n) is 2.84. The molecule has 3 rings (SSSR count). The molecule has 138 valence electrons. The highest BCUT2D eigenvalue weighted by Gasteiger charge is 2.22. The molecule has 0 unspecified atom stereocenters. The molecule has 2 N–H and O–H groups in total. The number of carbonyl (C=O) groups is 2. The van der Waals surface area contributed by atoms with Crippen LogP contribution in [0.5, 0.6) is 0 Å². The summed E-state index contributed by atoms with van der Waals surface area (Å²) in [6.07, 6.45) is 0. The second kappa shape index (κ2) is 8.18. The van der Waals surface area contributed by atoms with Crippen molar-refractivity contribution in [1.29, 1.82) is 0 Å². The zero-order valence-corrected chi connectivity index (χ0v) is 15.8. The van der Waals surface area contributed by atoms with Gasteiger partial charge in [-0.15, -0.1) is 11.3 Å². The van der Waals surface area contributed by atoms with E-state index in [4.69, 9.17) is 0 Å². The second-order valence-electron chi connectivity index (χ2n) is 6.29. The molecule has 1 aromatic heterocycles. The van der Waals surface area contributed by atoms with Gasteiger partial charge >= 0.3 is 6.03 Å². The van der Waals surface area contributed by atoms with Crippen molar-refractivity contribution in [2.45, 2.75) is 20.4 Å². The monoisotopic (exact) mass is 373 g/mol. The summed E-state index contributed by atoms with van der Waals surface area (Å²) in [6.45, 7) is 6.83.